The molecule has 0 saturated heterocycles. The zero-order valence-electron chi connectivity index (χ0n) is 17.7. The molecule has 0 aliphatic rings. The summed E-state index contributed by atoms with van der Waals surface area (Å²) in [4.78, 5) is 17.0. The quantitative estimate of drug-likeness (QED) is 0.294. The number of carbonyl (C=O) groups is 1. The zero-order valence-corrected chi connectivity index (χ0v) is 19.2. The van der Waals surface area contributed by atoms with E-state index in [1.807, 2.05) is 24.3 Å². The van der Waals surface area contributed by atoms with Crippen molar-refractivity contribution in [2.24, 2.45) is 0 Å². The predicted molar refractivity (Wildman–Crippen MR) is 132 cm³/mol. The number of amides is 1. The van der Waals surface area contributed by atoms with Crippen LogP contribution in [0.15, 0.2) is 71.2 Å². The molecule has 0 fully saturated rings. The Kier molecular flexibility index (Phi) is 6.63. The Bertz CT molecular complexity index is 1290. The number of fused-ring (bicyclic) bond motifs is 1. The largest absolute Gasteiger partial charge is 0.436 e. The van der Waals surface area contributed by atoms with Gasteiger partial charge in [-0.05, 0) is 72.0 Å². The Morgan fingerprint density at radius 2 is 1.88 bits per heavy atom. The van der Waals surface area contributed by atoms with Gasteiger partial charge in [-0.3, -0.25) is 4.79 Å². The first kappa shape index (κ1) is 22.1. The molecule has 0 unspecified atom stereocenters. The summed E-state index contributed by atoms with van der Waals surface area (Å²) < 4.78 is 5.95. The molecule has 0 radical (unpaired) electrons. The Hall–Kier alpha value is -3.08. The van der Waals surface area contributed by atoms with E-state index in [9.17, 15) is 4.79 Å². The highest BCUT2D eigenvalue weighted by Crippen LogP contribution is 2.31. The van der Waals surface area contributed by atoms with Crippen LogP contribution in [-0.2, 0) is 4.79 Å². The van der Waals surface area contributed by atoms with Gasteiger partial charge in [0.15, 0.2) is 5.58 Å². The molecule has 3 aromatic carbocycles. The van der Waals surface area contributed by atoms with E-state index in [1.165, 1.54) is 11.6 Å². The molecule has 1 atom stereocenters. The molecule has 4 nitrogen and oxygen atoms in total. The minimum absolute atomic E-state index is 0.297. The number of nitrogens with one attached hydrogen (secondary N) is 1. The molecule has 0 aliphatic heterocycles. The standard InChI is InChI=1S/C26H22Cl2N2O2/c1-3-16(2)18-8-12-24-23(14-18)30-26(32-24)19-7-11-21(28)22(15-19)29-25(31)13-6-17-4-9-20(27)10-5-17/h4-16H,3H2,1-2H3,(H,29,31)/b13-6+/t16-/m1/s1. The summed E-state index contributed by atoms with van der Waals surface area (Å²) in [6, 6.07) is 18.6. The van der Waals surface area contributed by atoms with Crippen molar-refractivity contribution < 1.29 is 9.21 Å². The Morgan fingerprint density at radius 1 is 1.09 bits per heavy atom. The Balaban J connectivity index is 1.55. The fraction of sp³-hybridized carbons (Fsp3) is 0.154. The number of oxazole rings is 1. The SMILES string of the molecule is CC[C@@H](C)c1ccc2oc(-c3ccc(Cl)c(NC(=O)/C=C/c4ccc(Cl)cc4)c3)nc2c1. The summed E-state index contributed by atoms with van der Waals surface area (Å²) in [7, 11) is 0. The third-order valence-electron chi connectivity index (χ3n) is 5.36. The van der Waals surface area contributed by atoms with E-state index in [4.69, 9.17) is 27.6 Å². The average molecular weight is 465 g/mol. The molecule has 0 spiro atoms. The number of hydrogen-bond donors (Lipinski definition) is 1. The van der Waals surface area contributed by atoms with Crippen molar-refractivity contribution in [3.63, 3.8) is 0 Å². The van der Waals surface area contributed by atoms with Crippen molar-refractivity contribution in [1.29, 1.82) is 0 Å². The van der Waals surface area contributed by atoms with Crippen LogP contribution in [0.3, 0.4) is 0 Å². The maximum atomic E-state index is 12.4. The lowest BCUT2D eigenvalue weighted by Crippen LogP contribution is -2.08. The van der Waals surface area contributed by atoms with Gasteiger partial charge in [0.2, 0.25) is 11.8 Å². The highest BCUT2D eigenvalue weighted by Gasteiger charge is 2.13. The lowest BCUT2D eigenvalue weighted by Gasteiger charge is -2.07. The van der Waals surface area contributed by atoms with E-state index in [0.717, 1.165) is 28.6 Å². The second-order valence-corrected chi connectivity index (χ2v) is 8.47. The van der Waals surface area contributed by atoms with E-state index in [0.29, 0.717) is 27.5 Å². The van der Waals surface area contributed by atoms with Crippen molar-refractivity contribution in [3.05, 3.63) is 87.9 Å². The van der Waals surface area contributed by atoms with Gasteiger partial charge in [-0.15, -0.1) is 0 Å². The second kappa shape index (κ2) is 9.60. The van der Waals surface area contributed by atoms with Gasteiger partial charge in [0, 0.05) is 16.7 Å². The maximum absolute atomic E-state index is 12.4. The van der Waals surface area contributed by atoms with Crippen LogP contribution < -0.4 is 5.32 Å². The van der Waals surface area contributed by atoms with Crippen molar-refractivity contribution >= 4 is 52.0 Å². The number of halogens is 2. The number of anilines is 1. The summed E-state index contributed by atoms with van der Waals surface area (Å²) in [5, 5.41) is 3.89. The van der Waals surface area contributed by atoms with Gasteiger partial charge in [-0.2, -0.15) is 0 Å². The summed E-state index contributed by atoms with van der Waals surface area (Å²) in [6.45, 7) is 4.36. The third-order valence-corrected chi connectivity index (χ3v) is 5.94. The van der Waals surface area contributed by atoms with Gasteiger partial charge in [0.1, 0.15) is 5.52 Å². The lowest BCUT2D eigenvalue weighted by atomic mass is 9.98. The van der Waals surface area contributed by atoms with E-state index in [1.54, 1.807) is 30.3 Å². The van der Waals surface area contributed by atoms with Crippen LogP contribution in [0.4, 0.5) is 5.69 Å². The molecular weight excluding hydrogens is 443 g/mol. The van der Waals surface area contributed by atoms with E-state index in [2.05, 4.69) is 36.3 Å². The third kappa shape index (κ3) is 5.04. The van der Waals surface area contributed by atoms with Gasteiger partial charge in [-0.25, -0.2) is 4.98 Å². The number of hydrogen-bond acceptors (Lipinski definition) is 3. The van der Waals surface area contributed by atoms with Crippen LogP contribution in [0.2, 0.25) is 10.0 Å². The van der Waals surface area contributed by atoms with E-state index < -0.39 is 0 Å². The highest BCUT2D eigenvalue weighted by atomic mass is 35.5. The topological polar surface area (TPSA) is 55.1 Å². The molecule has 1 N–H and O–H groups in total. The van der Waals surface area contributed by atoms with Crippen LogP contribution in [0.25, 0.3) is 28.6 Å². The minimum Gasteiger partial charge on any atom is -0.436 e. The second-order valence-electron chi connectivity index (χ2n) is 7.62. The molecule has 6 heteroatoms. The maximum Gasteiger partial charge on any atom is 0.248 e. The normalized spacial score (nSPS) is 12.4. The first-order valence-corrected chi connectivity index (χ1v) is 11.1. The van der Waals surface area contributed by atoms with Gasteiger partial charge in [0.25, 0.3) is 0 Å². The van der Waals surface area contributed by atoms with Crippen molar-refractivity contribution in [2.75, 3.05) is 5.32 Å². The molecule has 0 bridgehead atoms. The van der Waals surface area contributed by atoms with Crippen LogP contribution in [0.5, 0.6) is 0 Å². The van der Waals surface area contributed by atoms with Crippen LogP contribution in [0.1, 0.15) is 37.3 Å². The molecule has 1 aromatic heterocycles. The molecule has 4 aromatic rings. The number of rotatable bonds is 6. The summed E-state index contributed by atoms with van der Waals surface area (Å²) >= 11 is 12.2. The molecule has 32 heavy (non-hydrogen) atoms. The average Bonchev–Trinajstić information content (AvgIpc) is 3.23. The molecule has 1 amide bonds. The van der Waals surface area contributed by atoms with Gasteiger partial charge >= 0.3 is 0 Å². The molecule has 162 valence electrons. The van der Waals surface area contributed by atoms with Gasteiger partial charge < -0.3 is 9.73 Å². The minimum atomic E-state index is -0.297. The highest BCUT2D eigenvalue weighted by molar-refractivity contribution is 6.34. The fourth-order valence-electron chi connectivity index (χ4n) is 3.28. The zero-order chi connectivity index (χ0) is 22.7. The molecule has 0 aliphatic carbocycles. The monoisotopic (exact) mass is 464 g/mol. The number of aromatic nitrogens is 1. The number of benzene rings is 3. The molecular formula is C26H22Cl2N2O2. The fourth-order valence-corrected chi connectivity index (χ4v) is 3.58. The van der Waals surface area contributed by atoms with Crippen molar-refractivity contribution in [1.82, 2.24) is 4.98 Å². The predicted octanol–water partition coefficient (Wildman–Crippen LogP) is 7.97. The lowest BCUT2D eigenvalue weighted by molar-refractivity contribution is -0.111. The smallest absolute Gasteiger partial charge is 0.248 e. The van der Waals surface area contributed by atoms with E-state index >= 15 is 0 Å². The Labute approximate surface area is 196 Å². The summed E-state index contributed by atoms with van der Waals surface area (Å²) in [6.07, 6.45) is 4.21. The van der Waals surface area contributed by atoms with Crippen LogP contribution in [-0.4, -0.2) is 10.9 Å². The number of carbonyl (C=O) groups excluding carboxylic acids is 1. The number of nitrogens with zero attached hydrogens (tertiary/aromatic N) is 1. The van der Waals surface area contributed by atoms with E-state index in [-0.39, 0.29) is 5.91 Å². The summed E-state index contributed by atoms with van der Waals surface area (Å²) in [5.41, 5.74) is 4.84. The first-order chi connectivity index (χ1) is 15.4. The molecule has 1 heterocycles. The van der Waals surface area contributed by atoms with Crippen LogP contribution >= 0.6 is 23.2 Å². The van der Waals surface area contributed by atoms with Crippen LogP contribution in [0, 0.1) is 0 Å². The first-order valence-electron chi connectivity index (χ1n) is 10.4. The van der Waals surface area contributed by atoms with Gasteiger partial charge in [-0.1, -0.05) is 55.2 Å². The molecule has 4 rings (SSSR count). The van der Waals surface area contributed by atoms with Crippen molar-refractivity contribution in [2.45, 2.75) is 26.2 Å². The molecule has 0 saturated carbocycles. The van der Waals surface area contributed by atoms with Crippen molar-refractivity contribution in [3.8, 4) is 11.5 Å². The Morgan fingerprint density at radius 3 is 2.62 bits per heavy atom. The summed E-state index contributed by atoms with van der Waals surface area (Å²) in [5.74, 6) is 0.637. The van der Waals surface area contributed by atoms with Gasteiger partial charge in [0.05, 0.1) is 10.7 Å².